The fourth-order valence-corrected chi connectivity index (χ4v) is 3.21. The van der Waals surface area contributed by atoms with Crippen molar-refractivity contribution < 1.29 is 19.0 Å². The van der Waals surface area contributed by atoms with Gasteiger partial charge in [-0.15, -0.1) is 0 Å². The van der Waals surface area contributed by atoms with Gasteiger partial charge in [-0.1, -0.05) is 6.07 Å². The van der Waals surface area contributed by atoms with Gasteiger partial charge in [-0.05, 0) is 57.2 Å². The average Bonchev–Trinajstić information content (AvgIpc) is 3.03. The molecule has 1 aromatic rings. The van der Waals surface area contributed by atoms with Crippen LogP contribution in [0.4, 0.5) is 0 Å². The normalized spacial score (nSPS) is 24.3. The number of hydrogen-bond acceptors (Lipinski definition) is 4. The predicted octanol–water partition coefficient (Wildman–Crippen LogP) is 2.98. The number of morpholine rings is 1. The molecule has 1 aliphatic carbocycles. The van der Waals surface area contributed by atoms with E-state index in [0.29, 0.717) is 6.54 Å². The summed E-state index contributed by atoms with van der Waals surface area (Å²) < 4.78 is 17.5. The predicted molar refractivity (Wildman–Crippen MR) is 86.8 cm³/mol. The Morgan fingerprint density at radius 2 is 1.96 bits per heavy atom. The van der Waals surface area contributed by atoms with Gasteiger partial charge in [0.25, 0.3) is 5.91 Å². The van der Waals surface area contributed by atoms with Crippen LogP contribution in [0.15, 0.2) is 18.2 Å². The van der Waals surface area contributed by atoms with Crippen LogP contribution in [0.25, 0.3) is 0 Å². The number of hydrogen-bond donors (Lipinski definition) is 1. The van der Waals surface area contributed by atoms with Gasteiger partial charge in [0, 0.05) is 6.54 Å². The Labute approximate surface area is 137 Å². The minimum Gasteiger partial charge on any atom is -0.493 e. The van der Waals surface area contributed by atoms with E-state index in [9.17, 15) is 4.79 Å². The third-order valence-corrected chi connectivity index (χ3v) is 4.59. The van der Waals surface area contributed by atoms with Gasteiger partial charge in [0.2, 0.25) is 0 Å². The van der Waals surface area contributed by atoms with Crippen LogP contribution in [0.3, 0.4) is 0 Å². The van der Waals surface area contributed by atoms with Crippen molar-refractivity contribution in [3.05, 3.63) is 23.8 Å². The van der Waals surface area contributed by atoms with Crippen molar-refractivity contribution in [3.63, 3.8) is 0 Å². The summed E-state index contributed by atoms with van der Waals surface area (Å²) in [6, 6.07) is 5.86. The second-order valence-corrected chi connectivity index (χ2v) is 6.76. The molecule has 5 nitrogen and oxygen atoms in total. The lowest BCUT2D eigenvalue weighted by Gasteiger charge is -2.35. The lowest BCUT2D eigenvalue weighted by Crippen LogP contribution is -2.52. The molecule has 0 radical (unpaired) electrons. The van der Waals surface area contributed by atoms with Crippen molar-refractivity contribution in [2.24, 2.45) is 0 Å². The van der Waals surface area contributed by atoms with E-state index in [4.69, 9.17) is 14.2 Å². The maximum absolute atomic E-state index is 11.8. The van der Waals surface area contributed by atoms with E-state index in [2.05, 4.69) is 5.32 Å². The van der Waals surface area contributed by atoms with Crippen molar-refractivity contribution in [2.75, 3.05) is 13.7 Å². The maximum atomic E-state index is 11.8. The Kier molecular flexibility index (Phi) is 4.48. The molecule has 1 heterocycles. The molecule has 0 spiro atoms. The number of benzene rings is 1. The Morgan fingerprint density at radius 1 is 1.22 bits per heavy atom. The Morgan fingerprint density at radius 3 is 2.61 bits per heavy atom. The van der Waals surface area contributed by atoms with Crippen LogP contribution in [0.5, 0.6) is 11.5 Å². The first-order valence-corrected chi connectivity index (χ1v) is 8.30. The van der Waals surface area contributed by atoms with Crippen LogP contribution < -0.4 is 14.8 Å². The number of ether oxygens (including phenoxy) is 3. The molecule has 1 saturated carbocycles. The monoisotopic (exact) mass is 319 g/mol. The zero-order valence-electron chi connectivity index (χ0n) is 14.1. The Bertz CT molecular complexity index is 578. The topological polar surface area (TPSA) is 56.8 Å². The molecule has 1 atom stereocenters. The summed E-state index contributed by atoms with van der Waals surface area (Å²) in [5, 5.41) is 2.91. The highest BCUT2D eigenvalue weighted by Gasteiger charge is 2.37. The zero-order valence-corrected chi connectivity index (χ0v) is 14.1. The minimum atomic E-state index is -0.824. The van der Waals surface area contributed by atoms with Gasteiger partial charge in [0.1, 0.15) is 11.7 Å². The van der Waals surface area contributed by atoms with Crippen LogP contribution in [0.2, 0.25) is 0 Å². The molecule has 2 aliphatic rings. The van der Waals surface area contributed by atoms with E-state index < -0.39 is 5.60 Å². The maximum Gasteiger partial charge on any atom is 0.251 e. The molecule has 1 aromatic carbocycles. The van der Waals surface area contributed by atoms with Crippen molar-refractivity contribution >= 4 is 5.91 Å². The molecule has 1 amide bonds. The SMILES string of the molecule is COc1ccc(C2CNC(=O)C(C)(C)O2)cc1OC1CCCC1. The molecule has 3 rings (SSSR count). The van der Waals surface area contributed by atoms with Crippen molar-refractivity contribution in [3.8, 4) is 11.5 Å². The number of rotatable bonds is 4. The lowest BCUT2D eigenvalue weighted by molar-refractivity contribution is -0.160. The molecule has 1 aliphatic heterocycles. The van der Waals surface area contributed by atoms with Crippen molar-refractivity contribution in [2.45, 2.75) is 57.3 Å². The summed E-state index contributed by atoms with van der Waals surface area (Å²) in [5.74, 6) is 1.42. The zero-order chi connectivity index (χ0) is 16.4. The summed E-state index contributed by atoms with van der Waals surface area (Å²) in [5.41, 5.74) is 0.168. The standard InChI is InChI=1S/C18H25NO4/c1-18(2)17(20)19-11-16(23-18)12-8-9-14(21-3)15(10-12)22-13-6-4-5-7-13/h8-10,13,16H,4-7,11H2,1-3H3,(H,19,20). The molecular weight excluding hydrogens is 294 g/mol. The molecule has 5 heteroatoms. The number of amides is 1. The average molecular weight is 319 g/mol. The molecule has 0 bridgehead atoms. The van der Waals surface area contributed by atoms with E-state index in [0.717, 1.165) is 29.9 Å². The molecule has 2 fully saturated rings. The largest absolute Gasteiger partial charge is 0.493 e. The fourth-order valence-electron chi connectivity index (χ4n) is 3.21. The van der Waals surface area contributed by atoms with Crippen LogP contribution in [-0.2, 0) is 9.53 Å². The number of carbonyl (C=O) groups excluding carboxylic acids is 1. The number of carbonyl (C=O) groups is 1. The van der Waals surface area contributed by atoms with E-state index in [1.54, 1.807) is 21.0 Å². The third kappa shape index (κ3) is 3.44. The van der Waals surface area contributed by atoms with Crippen molar-refractivity contribution in [1.82, 2.24) is 5.32 Å². The molecule has 1 saturated heterocycles. The molecule has 126 valence electrons. The first kappa shape index (κ1) is 16.1. The van der Waals surface area contributed by atoms with Crippen LogP contribution in [0.1, 0.15) is 51.2 Å². The Hall–Kier alpha value is -1.75. The first-order valence-electron chi connectivity index (χ1n) is 8.30. The van der Waals surface area contributed by atoms with E-state index in [1.165, 1.54) is 12.8 Å². The van der Waals surface area contributed by atoms with E-state index >= 15 is 0 Å². The highest BCUT2D eigenvalue weighted by atomic mass is 16.5. The van der Waals surface area contributed by atoms with Gasteiger partial charge < -0.3 is 19.5 Å². The smallest absolute Gasteiger partial charge is 0.251 e. The molecular formula is C18H25NO4. The summed E-state index contributed by atoms with van der Waals surface area (Å²) >= 11 is 0. The Balaban J connectivity index is 1.81. The first-order chi connectivity index (χ1) is 11.0. The van der Waals surface area contributed by atoms with Crippen LogP contribution in [-0.4, -0.2) is 31.3 Å². The third-order valence-electron chi connectivity index (χ3n) is 4.59. The minimum absolute atomic E-state index is 0.0790. The van der Waals surface area contributed by atoms with Crippen LogP contribution in [0, 0.1) is 0 Å². The van der Waals surface area contributed by atoms with E-state index in [-0.39, 0.29) is 18.1 Å². The van der Waals surface area contributed by atoms with Crippen LogP contribution >= 0.6 is 0 Å². The summed E-state index contributed by atoms with van der Waals surface area (Å²) in [4.78, 5) is 11.8. The number of methoxy groups -OCH3 is 1. The second kappa shape index (κ2) is 6.40. The van der Waals surface area contributed by atoms with Crippen molar-refractivity contribution in [1.29, 1.82) is 0 Å². The van der Waals surface area contributed by atoms with Gasteiger partial charge in [-0.3, -0.25) is 4.79 Å². The summed E-state index contributed by atoms with van der Waals surface area (Å²) in [7, 11) is 1.65. The molecule has 1 unspecified atom stereocenters. The molecule has 1 N–H and O–H groups in total. The van der Waals surface area contributed by atoms with Gasteiger partial charge in [-0.25, -0.2) is 0 Å². The lowest BCUT2D eigenvalue weighted by atomic mass is 10.0. The van der Waals surface area contributed by atoms with Gasteiger partial charge in [-0.2, -0.15) is 0 Å². The molecule has 23 heavy (non-hydrogen) atoms. The summed E-state index contributed by atoms with van der Waals surface area (Å²) in [6.07, 6.45) is 4.71. The quantitative estimate of drug-likeness (QED) is 0.927. The second-order valence-electron chi connectivity index (χ2n) is 6.76. The van der Waals surface area contributed by atoms with E-state index in [1.807, 2.05) is 18.2 Å². The highest BCUT2D eigenvalue weighted by molar-refractivity contribution is 5.85. The van der Waals surface area contributed by atoms with Gasteiger partial charge >= 0.3 is 0 Å². The number of nitrogens with one attached hydrogen (secondary N) is 1. The highest BCUT2D eigenvalue weighted by Crippen LogP contribution is 2.36. The summed E-state index contributed by atoms with van der Waals surface area (Å²) in [6.45, 7) is 4.04. The van der Waals surface area contributed by atoms with Gasteiger partial charge in [0.05, 0.1) is 13.2 Å². The fraction of sp³-hybridized carbons (Fsp3) is 0.611. The van der Waals surface area contributed by atoms with Gasteiger partial charge in [0.15, 0.2) is 11.5 Å². The molecule has 0 aromatic heterocycles.